The van der Waals surface area contributed by atoms with Crippen LogP contribution in [0, 0.1) is 22.7 Å². The van der Waals surface area contributed by atoms with Gasteiger partial charge in [-0.25, -0.2) is 4.79 Å². The molecule has 0 spiro atoms. The van der Waals surface area contributed by atoms with E-state index >= 15 is 0 Å². The zero-order chi connectivity index (χ0) is 29.5. The van der Waals surface area contributed by atoms with Crippen LogP contribution in [-0.4, -0.2) is 96.5 Å². The van der Waals surface area contributed by atoms with Crippen molar-refractivity contribution in [3.05, 3.63) is 34.4 Å². The second-order valence-electron chi connectivity index (χ2n) is 13.9. The van der Waals surface area contributed by atoms with Crippen LogP contribution >= 0.6 is 0 Å². The van der Waals surface area contributed by atoms with Gasteiger partial charge in [0, 0.05) is 30.2 Å². The van der Waals surface area contributed by atoms with E-state index in [1.807, 2.05) is 6.92 Å². The van der Waals surface area contributed by atoms with Crippen molar-refractivity contribution in [3.63, 3.8) is 0 Å². The Hall–Kier alpha value is -1.41. The Morgan fingerprint density at radius 1 is 0.902 bits per heavy atom. The highest BCUT2D eigenvalue weighted by Crippen LogP contribution is 2.71. The molecule has 1 aromatic heterocycles. The second kappa shape index (κ2) is 10.1. The number of hydrogen-bond acceptors (Lipinski definition) is 11. The molecule has 0 bridgehead atoms. The maximum absolute atomic E-state index is 12.4. The summed E-state index contributed by atoms with van der Waals surface area (Å²) in [6, 6.07) is 3.03. The summed E-state index contributed by atoms with van der Waals surface area (Å²) in [5.74, 6) is -0.508. The van der Waals surface area contributed by atoms with Crippen LogP contribution in [0.2, 0.25) is 0 Å². The van der Waals surface area contributed by atoms with E-state index in [1.54, 1.807) is 6.07 Å². The number of fused-ring (bicyclic) bond motifs is 5. The van der Waals surface area contributed by atoms with Gasteiger partial charge in [0.1, 0.15) is 24.4 Å². The highest BCUT2D eigenvalue weighted by Gasteiger charge is 2.71. The summed E-state index contributed by atoms with van der Waals surface area (Å²) in [6.07, 6.45) is -2.65. The number of ether oxygens (including phenoxy) is 2. The van der Waals surface area contributed by atoms with E-state index in [9.17, 15) is 40.5 Å². The first-order valence-electron chi connectivity index (χ1n) is 15.0. The van der Waals surface area contributed by atoms with Gasteiger partial charge in [-0.05, 0) is 67.4 Å². The summed E-state index contributed by atoms with van der Waals surface area (Å²) >= 11 is 0. The van der Waals surface area contributed by atoms with E-state index in [4.69, 9.17) is 13.9 Å². The minimum atomic E-state index is -1.53. The van der Waals surface area contributed by atoms with Gasteiger partial charge < -0.3 is 49.6 Å². The molecule has 1 aliphatic heterocycles. The van der Waals surface area contributed by atoms with Gasteiger partial charge in [0.2, 0.25) is 0 Å². The van der Waals surface area contributed by atoms with Gasteiger partial charge in [0.15, 0.2) is 6.29 Å². The molecule has 4 aliphatic carbocycles. The van der Waals surface area contributed by atoms with E-state index in [2.05, 4.69) is 6.92 Å². The van der Waals surface area contributed by atoms with Gasteiger partial charge in [-0.1, -0.05) is 13.8 Å². The maximum atomic E-state index is 12.4. The summed E-state index contributed by atoms with van der Waals surface area (Å²) in [6.45, 7) is 3.58. The predicted molar refractivity (Wildman–Crippen MR) is 142 cm³/mol. The predicted octanol–water partition coefficient (Wildman–Crippen LogP) is 0.152. The van der Waals surface area contributed by atoms with Crippen LogP contribution < -0.4 is 5.63 Å². The van der Waals surface area contributed by atoms with Gasteiger partial charge in [-0.15, -0.1) is 0 Å². The van der Waals surface area contributed by atoms with Gasteiger partial charge >= 0.3 is 5.63 Å². The lowest BCUT2D eigenvalue weighted by molar-refractivity contribution is -0.324. The molecule has 2 heterocycles. The average Bonchev–Trinajstić information content (AvgIpc) is 3.14. The Morgan fingerprint density at radius 3 is 2.29 bits per heavy atom. The van der Waals surface area contributed by atoms with Crippen molar-refractivity contribution < 1.29 is 49.6 Å². The summed E-state index contributed by atoms with van der Waals surface area (Å²) in [5, 5.41) is 76.1. The largest absolute Gasteiger partial charge is 0.431 e. The van der Waals surface area contributed by atoms with E-state index in [0.29, 0.717) is 37.7 Å². The highest BCUT2D eigenvalue weighted by atomic mass is 16.7. The van der Waals surface area contributed by atoms with Crippen molar-refractivity contribution in [2.45, 2.75) is 125 Å². The molecule has 0 radical (unpaired) electrons. The Labute approximate surface area is 238 Å². The molecule has 7 N–H and O–H groups in total. The lowest BCUT2D eigenvalue weighted by atomic mass is 9.42. The normalized spacial score (nSPS) is 53.3. The first-order valence-corrected chi connectivity index (χ1v) is 15.0. The lowest BCUT2D eigenvalue weighted by Gasteiger charge is -2.66. The third-order valence-corrected chi connectivity index (χ3v) is 12.2. The zero-order valence-electron chi connectivity index (χ0n) is 23.6. The van der Waals surface area contributed by atoms with Crippen molar-refractivity contribution >= 4 is 0 Å². The monoisotopic (exact) mass is 580 g/mol. The summed E-state index contributed by atoms with van der Waals surface area (Å²) < 4.78 is 16.7. The Bertz CT molecular complexity index is 1170. The van der Waals surface area contributed by atoms with Crippen LogP contribution in [0.5, 0.6) is 0 Å². The molecule has 11 heteroatoms. The van der Waals surface area contributed by atoms with Crippen LogP contribution in [0.15, 0.2) is 27.6 Å². The van der Waals surface area contributed by atoms with E-state index in [0.717, 1.165) is 6.42 Å². The topological polar surface area (TPSA) is 190 Å². The van der Waals surface area contributed by atoms with Crippen molar-refractivity contribution in [3.8, 4) is 0 Å². The molecular weight excluding hydrogens is 536 g/mol. The molecule has 230 valence electrons. The first kappa shape index (κ1) is 29.7. The molecule has 14 unspecified atom stereocenters. The standard InChI is InChI=1S/C30H44O11/c1-27-8-5-16(40-26-25(36)24(35)23(34)20(13-31)41-26)11-29(27,37)10-7-18-17(27)6-9-28(2)22(19(32)12-30(18,28)38)15-3-4-21(33)39-14-15/h3-4,14,16-20,22-26,31-32,34-38H,5-13H2,1-2H3. The Kier molecular flexibility index (Phi) is 7.28. The molecule has 5 fully saturated rings. The number of rotatable bonds is 4. The van der Waals surface area contributed by atoms with Crippen LogP contribution in [0.4, 0.5) is 0 Å². The molecule has 41 heavy (non-hydrogen) atoms. The molecule has 5 aliphatic rings. The molecule has 0 amide bonds. The fourth-order valence-corrected chi connectivity index (χ4v) is 9.84. The van der Waals surface area contributed by atoms with E-state index < -0.39 is 77.2 Å². The summed E-state index contributed by atoms with van der Waals surface area (Å²) in [7, 11) is 0. The molecular formula is C30H44O11. The molecule has 1 aromatic rings. The Morgan fingerprint density at radius 2 is 1.61 bits per heavy atom. The summed E-state index contributed by atoms with van der Waals surface area (Å²) in [5.41, 5.74) is -3.18. The number of hydrogen-bond donors (Lipinski definition) is 7. The average molecular weight is 581 g/mol. The SMILES string of the molecule is CC12CCC(OC3OC(CO)C(O)C(O)C3O)CC1(O)CCC1C2CCC2(C)C(c3ccc(=O)oc3)C(O)CC12O. The minimum absolute atomic E-state index is 0.00666. The number of aliphatic hydroxyl groups is 7. The summed E-state index contributed by atoms with van der Waals surface area (Å²) in [4.78, 5) is 11.6. The van der Waals surface area contributed by atoms with Crippen LogP contribution in [0.3, 0.4) is 0 Å². The van der Waals surface area contributed by atoms with Gasteiger partial charge in [-0.3, -0.25) is 0 Å². The highest BCUT2D eigenvalue weighted by molar-refractivity contribution is 5.30. The smallest absolute Gasteiger partial charge is 0.335 e. The van der Waals surface area contributed by atoms with Crippen LogP contribution in [0.25, 0.3) is 0 Å². The quantitative estimate of drug-likeness (QED) is 0.240. The van der Waals surface area contributed by atoms with E-state index in [-0.39, 0.29) is 30.6 Å². The van der Waals surface area contributed by atoms with Gasteiger partial charge in [-0.2, -0.15) is 0 Å². The third kappa shape index (κ3) is 4.22. The zero-order valence-corrected chi connectivity index (χ0v) is 23.6. The lowest BCUT2D eigenvalue weighted by Crippen LogP contribution is -2.67. The molecule has 1 saturated heterocycles. The fraction of sp³-hybridized carbons (Fsp3) is 0.833. The van der Waals surface area contributed by atoms with Gasteiger partial charge in [0.05, 0.1) is 36.3 Å². The number of aliphatic hydroxyl groups excluding tert-OH is 5. The van der Waals surface area contributed by atoms with Crippen molar-refractivity contribution in [1.29, 1.82) is 0 Å². The molecule has 14 atom stereocenters. The van der Waals surface area contributed by atoms with Crippen molar-refractivity contribution in [2.75, 3.05) is 6.61 Å². The second-order valence-corrected chi connectivity index (χ2v) is 13.9. The molecule has 6 rings (SSSR count). The van der Waals surface area contributed by atoms with Crippen molar-refractivity contribution in [1.82, 2.24) is 0 Å². The third-order valence-electron chi connectivity index (χ3n) is 12.2. The fourth-order valence-electron chi connectivity index (χ4n) is 9.84. The molecule has 4 saturated carbocycles. The first-order chi connectivity index (χ1) is 19.3. The minimum Gasteiger partial charge on any atom is -0.431 e. The van der Waals surface area contributed by atoms with Crippen molar-refractivity contribution in [2.24, 2.45) is 22.7 Å². The molecule has 11 nitrogen and oxygen atoms in total. The van der Waals surface area contributed by atoms with E-state index in [1.165, 1.54) is 12.3 Å². The molecule has 0 aromatic carbocycles. The maximum Gasteiger partial charge on any atom is 0.335 e. The van der Waals surface area contributed by atoms with Crippen LogP contribution in [0.1, 0.15) is 76.7 Å². The van der Waals surface area contributed by atoms with Gasteiger partial charge in [0.25, 0.3) is 0 Å². The Balaban J connectivity index is 1.21. The van der Waals surface area contributed by atoms with Crippen LogP contribution in [-0.2, 0) is 9.47 Å².